The largest absolute Gasteiger partial charge is 0.388 e. The lowest BCUT2D eigenvalue weighted by atomic mass is 10.0. The fraction of sp³-hybridized carbons (Fsp3) is 0.143. The van der Waals surface area contributed by atoms with Crippen LogP contribution >= 0.6 is 0 Å². The van der Waals surface area contributed by atoms with Crippen LogP contribution in [0.4, 0.5) is 10.1 Å². The van der Waals surface area contributed by atoms with E-state index in [1.165, 1.54) is 6.07 Å². The molecule has 2 aromatic rings. The molecule has 0 saturated heterocycles. The number of aliphatic hydroxyl groups is 1. The summed E-state index contributed by atoms with van der Waals surface area (Å²) in [6, 6.07) is 12.2. The highest BCUT2D eigenvalue weighted by Gasteiger charge is 2.18. The molecular weight excluding hydrogens is 249 g/mol. The number of hydrogen-bond donors (Lipinski definition) is 1. The van der Waals surface area contributed by atoms with E-state index >= 15 is 0 Å². The molecule has 0 spiro atoms. The Bertz CT molecular complexity index is 586. The number of nitro groups is 1. The van der Waals surface area contributed by atoms with Crippen molar-refractivity contribution in [1.82, 2.24) is 0 Å². The second kappa shape index (κ2) is 5.58. The van der Waals surface area contributed by atoms with Gasteiger partial charge in [0.15, 0.2) is 0 Å². The van der Waals surface area contributed by atoms with Crippen LogP contribution in [0, 0.1) is 15.9 Å². The number of nitrogens with zero attached hydrogens (tertiary/aromatic N) is 1. The summed E-state index contributed by atoms with van der Waals surface area (Å²) in [6.07, 6.45) is -0.786. The average Bonchev–Trinajstić information content (AvgIpc) is 2.41. The van der Waals surface area contributed by atoms with Crippen molar-refractivity contribution in [2.45, 2.75) is 12.5 Å². The maximum absolute atomic E-state index is 13.0. The Morgan fingerprint density at radius 1 is 1.21 bits per heavy atom. The van der Waals surface area contributed by atoms with Crippen LogP contribution in [0.1, 0.15) is 17.2 Å². The molecule has 0 aliphatic rings. The van der Waals surface area contributed by atoms with Crippen LogP contribution in [0.25, 0.3) is 0 Å². The smallest absolute Gasteiger partial charge is 0.275 e. The molecule has 0 heterocycles. The van der Waals surface area contributed by atoms with Gasteiger partial charge in [-0.15, -0.1) is 0 Å². The number of nitro benzene ring substituents is 1. The lowest BCUT2D eigenvalue weighted by molar-refractivity contribution is -0.385. The summed E-state index contributed by atoms with van der Waals surface area (Å²) in [5, 5.41) is 20.9. The van der Waals surface area contributed by atoms with Gasteiger partial charge in [-0.25, -0.2) is 4.39 Å². The highest BCUT2D eigenvalue weighted by atomic mass is 19.1. The van der Waals surface area contributed by atoms with Crippen LogP contribution in [0.3, 0.4) is 0 Å². The second-order valence-corrected chi connectivity index (χ2v) is 4.16. The van der Waals surface area contributed by atoms with E-state index < -0.39 is 16.8 Å². The van der Waals surface area contributed by atoms with Gasteiger partial charge in [0.05, 0.1) is 17.1 Å². The topological polar surface area (TPSA) is 63.4 Å². The monoisotopic (exact) mass is 261 g/mol. The number of halogens is 1. The molecule has 2 rings (SSSR count). The second-order valence-electron chi connectivity index (χ2n) is 4.16. The van der Waals surface area contributed by atoms with Crippen LogP contribution in [0.15, 0.2) is 48.5 Å². The molecule has 19 heavy (non-hydrogen) atoms. The minimum absolute atomic E-state index is 0.0700. The van der Waals surface area contributed by atoms with Gasteiger partial charge in [-0.05, 0) is 17.7 Å². The Kier molecular flexibility index (Phi) is 3.87. The summed E-state index contributed by atoms with van der Waals surface area (Å²) in [7, 11) is 0. The molecule has 1 unspecified atom stereocenters. The van der Waals surface area contributed by atoms with Gasteiger partial charge in [0, 0.05) is 12.0 Å². The zero-order valence-corrected chi connectivity index (χ0v) is 9.99. The maximum atomic E-state index is 13.0. The minimum Gasteiger partial charge on any atom is -0.388 e. The molecule has 0 aromatic heterocycles. The third-order valence-corrected chi connectivity index (χ3v) is 2.84. The Morgan fingerprint density at radius 3 is 2.53 bits per heavy atom. The molecule has 0 bridgehead atoms. The predicted octanol–water partition coefficient (Wildman–Crippen LogP) is 3.01. The van der Waals surface area contributed by atoms with Gasteiger partial charge < -0.3 is 5.11 Å². The van der Waals surface area contributed by atoms with Crippen molar-refractivity contribution < 1.29 is 14.4 Å². The SMILES string of the molecule is O=[N+]([O-])c1cc(F)ccc1CC(O)c1ccccc1. The molecule has 98 valence electrons. The highest BCUT2D eigenvalue weighted by molar-refractivity contribution is 5.41. The van der Waals surface area contributed by atoms with Crippen LogP contribution in [0.5, 0.6) is 0 Å². The van der Waals surface area contributed by atoms with Crippen LogP contribution < -0.4 is 0 Å². The first-order valence-corrected chi connectivity index (χ1v) is 5.74. The van der Waals surface area contributed by atoms with E-state index in [-0.39, 0.29) is 12.1 Å². The molecule has 4 nitrogen and oxygen atoms in total. The maximum Gasteiger partial charge on any atom is 0.275 e. The number of rotatable bonds is 4. The van der Waals surface area contributed by atoms with Crippen molar-refractivity contribution in [3.8, 4) is 0 Å². The van der Waals surface area contributed by atoms with Gasteiger partial charge in [0.1, 0.15) is 5.82 Å². The summed E-state index contributed by atoms with van der Waals surface area (Å²) in [5.41, 5.74) is 0.666. The van der Waals surface area contributed by atoms with Crippen molar-refractivity contribution in [3.63, 3.8) is 0 Å². The molecular formula is C14H12FNO3. The van der Waals surface area contributed by atoms with E-state index in [1.54, 1.807) is 24.3 Å². The van der Waals surface area contributed by atoms with Crippen molar-refractivity contribution in [2.75, 3.05) is 0 Å². The van der Waals surface area contributed by atoms with Crippen LogP contribution in [-0.4, -0.2) is 10.0 Å². The van der Waals surface area contributed by atoms with Crippen molar-refractivity contribution in [2.24, 2.45) is 0 Å². The van der Waals surface area contributed by atoms with Gasteiger partial charge in [-0.3, -0.25) is 10.1 Å². The third kappa shape index (κ3) is 3.14. The Labute approximate surface area is 109 Å². The predicted molar refractivity (Wildman–Crippen MR) is 68.2 cm³/mol. The lowest BCUT2D eigenvalue weighted by Crippen LogP contribution is -2.04. The molecule has 0 aliphatic carbocycles. The fourth-order valence-corrected chi connectivity index (χ4v) is 1.88. The van der Waals surface area contributed by atoms with E-state index in [9.17, 15) is 19.6 Å². The molecule has 0 fully saturated rings. The van der Waals surface area contributed by atoms with E-state index in [0.717, 1.165) is 12.1 Å². The van der Waals surface area contributed by atoms with E-state index in [1.807, 2.05) is 6.07 Å². The summed E-state index contributed by atoms with van der Waals surface area (Å²) in [6.45, 7) is 0. The van der Waals surface area contributed by atoms with Crippen molar-refractivity contribution in [1.29, 1.82) is 0 Å². The van der Waals surface area contributed by atoms with Crippen molar-refractivity contribution >= 4 is 5.69 Å². The van der Waals surface area contributed by atoms with Crippen molar-refractivity contribution in [3.05, 3.63) is 75.6 Å². The van der Waals surface area contributed by atoms with E-state index in [0.29, 0.717) is 11.1 Å². The fourth-order valence-electron chi connectivity index (χ4n) is 1.88. The summed E-state index contributed by atoms with van der Waals surface area (Å²) in [4.78, 5) is 10.2. The number of hydrogen-bond acceptors (Lipinski definition) is 3. The molecule has 0 amide bonds. The molecule has 5 heteroatoms. The normalized spacial score (nSPS) is 12.1. The zero-order chi connectivity index (χ0) is 13.8. The molecule has 1 atom stereocenters. The number of benzene rings is 2. The molecule has 0 radical (unpaired) electrons. The highest BCUT2D eigenvalue weighted by Crippen LogP contribution is 2.25. The summed E-state index contributed by atoms with van der Waals surface area (Å²) >= 11 is 0. The van der Waals surface area contributed by atoms with Gasteiger partial charge in [-0.1, -0.05) is 30.3 Å². The van der Waals surface area contributed by atoms with E-state index in [4.69, 9.17) is 0 Å². The van der Waals surface area contributed by atoms with Gasteiger partial charge in [0.2, 0.25) is 0 Å². The summed E-state index contributed by atoms with van der Waals surface area (Å²) in [5.74, 6) is -0.662. The standard InChI is InChI=1S/C14H12FNO3/c15-12-7-6-11(13(9-12)16(18)19)8-14(17)10-4-2-1-3-5-10/h1-7,9,14,17H,8H2. The quantitative estimate of drug-likeness (QED) is 0.679. The lowest BCUT2D eigenvalue weighted by Gasteiger charge is -2.11. The van der Waals surface area contributed by atoms with Crippen LogP contribution in [0.2, 0.25) is 0 Å². The zero-order valence-electron chi connectivity index (χ0n) is 9.99. The molecule has 1 N–H and O–H groups in total. The third-order valence-electron chi connectivity index (χ3n) is 2.84. The first kappa shape index (κ1) is 13.2. The molecule has 0 saturated carbocycles. The van der Waals surface area contributed by atoms with Crippen LogP contribution in [-0.2, 0) is 6.42 Å². The molecule has 2 aromatic carbocycles. The van der Waals surface area contributed by atoms with E-state index in [2.05, 4.69) is 0 Å². The Balaban J connectivity index is 2.26. The van der Waals surface area contributed by atoms with Gasteiger partial charge in [0.25, 0.3) is 5.69 Å². The first-order chi connectivity index (χ1) is 9.08. The summed E-state index contributed by atoms with van der Waals surface area (Å²) < 4.78 is 13.0. The van der Waals surface area contributed by atoms with Gasteiger partial charge >= 0.3 is 0 Å². The first-order valence-electron chi connectivity index (χ1n) is 5.74. The van der Waals surface area contributed by atoms with Gasteiger partial charge in [-0.2, -0.15) is 0 Å². The number of aliphatic hydroxyl groups excluding tert-OH is 1. The Morgan fingerprint density at radius 2 is 1.89 bits per heavy atom. The average molecular weight is 261 g/mol. The molecule has 0 aliphatic heterocycles. The Hall–Kier alpha value is -2.27. The minimum atomic E-state index is -0.856.